The van der Waals surface area contributed by atoms with E-state index in [1.165, 1.54) is 31.2 Å². The van der Waals surface area contributed by atoms with Crippen LogP contribution >= 0.6 is 0 Å². The van der Waals surface area contributed by atoms with Crippen molar-refractivity contribution in [2.75, 3.05) is 7.05 Å². The van der Waals surface area contributed by atoms with Crippen LogP contribution in [0.5, 0.6) is 0 Å². The molecule has 0 spiro atoms. The molecule has 1 heteroatoms. The van der Waals surface area contributed by atoms with Crippen molar-refractivity contribution in [3.8, 4) is 0 Å². The molecule has 0 fully saturated rings. The first-order valence-electron chi connectivity index (χ1n) is 6.43. The lowest BCUT2D eigenvalue weighted by molar-refractivity contribution is 0.410. The van der Waals surface area contributed by atoms with Gasteiger partial charge in [-0.1, -0.05) is 43.7 Å². The molecule has 0 aliphatic carbocycles. The van der Waals surface area contributed by atoms with Gasteiger partial charge in [0.1, 0.15) is 0 Å². The maximum absolute atomic E-state index is 3.30. The topological polar surface area (TPSA) is 12.0 Å². The summed E-state index contributed by atoms with van der Waals surface area (Å²) >= 11 is 0. The van der Waals surface area contributed by atoms with Gasteiger partial charge < -0.3 is 5.32 Å². The van der Waals surface area contributed by atoms with E-state index in [0.29, 0.717) is 6.04 Å². The molecule has 0 saturated heterocycles. The van der Waals surface area contributed by atoms with Crippen molar-refractivity contribution >= 4 is 0 Å². The summed E-state index contributed by atoms with van der Waals surface area (Å²) in [6.45, 7) is 4.62. The predicted octanol–water partition coefficient (Wildman–Crippen LogP) is 3.64. The van der Waals surface area contributed by atoms with E-state index in [-0.39, 0.29) is 0 Å². The fraction of sp³-hybridized carbons (Fsp3) is 0.600. The monoisotopic (exact) mass is 219 g/mol. The van der Waals surface area contributed by atoms with Crippen molar-refractivity contribution in [2.45, 2.75) is 45.6 Å². The summed E-state index contributed by atoms with van der Waals surface area (Å²) in [5.74, 6) is 0.825. The third-order valence-corrected chi connectivity index (χ3v) is 3.25. The van der Waals surface area contributed by atoms with Crippen LogP contribution in [0.3, 0.4) is 0 Å². The van der Waals surface area contributed by atoms with Crippen LogP contribution in [-0.4, -0.2) is 13.1 Å². The van der Waals surface area contributed by atoms with Crippen LogP contribution in [0.1, 0.15) is 38.7 Å². The van der Waals surface area contributed by atoms with Crippen LogP contribution in [-0.2, 0) is 6.42 Å². The molecule has 90 valence electrons. The Kier molecular flexibility index (Phi) is 6.17. The highest BCUT2D eigenvalue weighted by Crippen LogP contribution is 2.15. The summed E-state index contributed by atoms with van der Waals surface area (Å²) in [5, 5.41) is 3.30. The van der Waals surface area contributed by atoms with E-state index in [4.69, 9.17) is 0 Å². The molecule has 0 saturated carbocycles. The van der Waals surface area contributed by atoms with Crippen molar-refractivity contribution in [2.24, 2.45) is 5.92 Å². The third-order valence-electron chi connectivity index (χ3n) is 3.25. The van der Waals surface area contributed by atoms with Crippen LogP contribution in [0, 0.1) is 5.92 Å². The molecule has 1 aromatic rings. The van der Waals surface area contributed by atoms with Gasteiger partial charge in [-0.2, -0.15) is 0 Å². The maximum atomic E-state index is 3.30. The number of hydrogen-bond donors (Lipinski definition) is 1. The molecule has 0 aliphatic rings. The van der Waals surface area contributed by atoms with Crippen molar-refractivity contribution in [3.63, 3.8) is 0 Å². The molecule has 0 aliphatic heterocycles. The minimum absolute atomic E-state index is 0.645. The zero-order valence-corrected chi connectivity index (χ0v) is 10.9. The van der Waals surface area contributed by atoms with Gasteiger partial charge in [0, 0.05) is 6.04 Å². The molecule has 1 rings (SSSR count). The molecule has 16 heavy (non-hydrogen) atoms. The first-order chi connectivity index (χ1) is 7.72. The lowest BCUT2D eigenvalue weighted by atomic mass is 9.95. The summed E-state index contributed by atoms with van der Waals surface area (Å²) in [6, 6.07) is 11.4. The molecule has 0 amide bonds. The third kappa shape index (κ3) is 5.32. The van der Waals surface area contributed by atoms with E-state index in [0.717, 1.165) is 5.92 Å². The quantitative estimate of drug-likeness (QED) is 0.738. The number of aryl methyl sites for hydroxylation is 1. The van der Waals surface area contributed by atoms with Crippen molar-refractivity contribution < 1.29 is 0 Å². The SMILES string of the molecule is CNC(C)CC(C)CCCc1ccccc1. The van der Waals surface area contributed by atoms with E-state index in [1.54, 1.807) is 0 Å². The molecular weight excluding hydrogens is 194 g/mol. The van der Waals surface area contributed by atoms with Gasteiger partial charge >= 0.3 is 0 Å². The summed E-state index contributed by atoms with van der Waals surface area (Å²) < 4.78 is 0. The molecule has 0 radical (unpaired) electrons. The van der Waals surface area contributed by atoms with Crippen LogP contribution in [0.2, 0.25) is 0 Å². The van der Waals surface area contributed by atoms with Gasteiger partial charge in [-0.15, -0.1) is 0 Å². The second kappa shape index (κ2) is 7.45. The first kappa shape index (κ1) is 13.2. The van der Waals surface area contributed by atoms with Crippen molar-refractivity contribution in [1.29, 1.82) is 0 Å². The van der Waals surface area contributed by atoms with Gasteiger partial charge in [0.25, 0.3) is 0 Å². The first-order valence-corrected chi connectivity index (χ1v) is 6.43. The largest absolute Gasteiger partial charge is 0.317 e. The summed E-state index contributed by atoms with van der Waals surface area (Å²) in [4.78, 5) is 0. The van der Waals surface area contributed by atoms with Gasteiger partial charge in [0.15, 0.2) is 0 Å². The second-order valence-corrected chi connectivity index (χ2v) is 4.91. The lowest BCUT2D eigenvalue weighted by Crippen LogP contribution is -2.23. The number of rotatable bonds is 7. The van der Waals surface area contributed by atoms with E-state index >= 15 is 0 Å². The van der Waals surface area contributed by atoms with Crippen LogP contribution in [0.4, 0.5) is 0 Å². The van der Waals surface area contributed by atoms with Gasteiger partial charge in [-0.3, -0.25) is 0 Å². The molecule has 0 bridgehead atoms. The smallest absolute Gasteiger partial charge is 0.00382 e. The maximum Gasteiger partial charge on any atom is 0.00382 e. The molecule has 1 N–H and O–H groups in total. The summed E-state index contributed by atoms with van der Waals surface area (Å²) in [5.41, 5.74) is 1.47. The average Bonchev–Trinajstić information content (AvgIpc) is 2.30. The fourth-order valence-corrected chi connectivity index (χ4v) is 2.14. The van der Waals surface area contributed by atoms with Crippen molar-refractivity contribution in [1.82, 2.24) is 5.32 Å². The zero-order chi connectivity index (χ0) is 11.8. The number of hydrogen-bond acceptors (Lipinski definition) is 1. The van der Waals surface area contributed by atoms with Crippen molar-refractivity contribution in [3.05, 3.63) is 35.9 Å². The van der Waals surface area contributed by atoms with E-state index in [1.807, 2.05) is 7.05 Å². The van der Waals surface area contributed by atoms with Crippen LogP contribution in [0.25, 0.3) is 0 Å². The molecule has 1 nitrogen and oxygen atoms in total. The van der Waals surface area contributed by atoms with Crippen LogP contribution < -0.4 is 5.32 Å². The molecule has 2 unspecified atom stereocenters. The minimum atomic E-state index is 0.645. The lowest BCUT2D eigenvalue weighted by Gasteiger charge is -2.16. The highest BCUT2D eigenvalue weighted by molar-refractivity contribution is 5.14. The number of nitrogens with one attached hydrogen (secondary N) is 1. The van der Waals surface area contributed by atoms with Gasteiger partial charge in [-0.05, 0) is 44.7 Å². The minimum Gasteiger partial charge on any atom is -0.317 e. The summed E-state index contributed by atoms with van der Waals surface area (Å²) in [6.07, 6.45) is 5.15. The predicted molar refractivity (Wildman–Crippen MR) is 71.7 cm³/mol. The highest BCUT2D eigenvalue weighted by atomic mass is 14.8. The van der Waals surface area contributed by atoms with Gasteiger partial charge in [0.05, 0.1) is 0 Å². The second-order valence-electron chi connectivity index (χ2n) is 4.91. The van der Waals surface area contributed by atoms with E-state index < -0.39 is 0 Å². The normalized spacial score (nSPS) is 14.7. The Labute approximate surface area is 100 Å². The Bertz CT molecular complexity index is 268. The molecule has 0 heterocycles. The Hall–Kier alpha value is -0.820. The standard InChI is InChI=1S/C15H25N/c1-13(12-14(2)16-3)8-7-11-15-9-5-4-6-10-15/h4-6,9-10,13-14,16H,7-8,11-12H2,1-3H3. The molecule has 2 atom stereocenters. The Balaban J connectivity index is 2.15. The Morgan fingerprint density at radius 1 is 1.12 bits per heavy atom. The molecule has 0 aromatic heterocycles. The highest BCUT2D eigenvalue weighted by Gasteiger charge is 2.06. The Morgan fingerprint density at radius 3 is 2.44 bits per heavy atom. The van der Waals surface area contributed by atoms with Crippen LogP contribution in [0.15, 0.2) is 30.3 Å². The number of benzene rings is 1. The van der Waals surface area contributed by atoms with E-state index in [2.05, 4.69) is 49.5 Å². The van der Waals surface area contributed by atoms with Gasteiger partial charge in [0.2, 0.25) is 0 Å². The average molecular weight is 219 g/mol. The summed E-state index contributed by atoms with van der Waals surface area (Å²) in [7, 11) is 2.04. The molecule has 1 aromatic carbocycles. The Morgan fingerprint density at radius 2 is 1.81 bits per heavy atom. The molecular formula is C15H25N. The fourth-order valence-electron chi connectivity index (χ4n) is 2.14. The van der Waals surface area contributed by atoms with Gasteiger partial charge in [-0.25, -0.2) is 0 Å². The zero-order valence-electron chi connectivity index (χ0n) is 10.9. The van der Waals surface area contributed by atoms with E-state index in [9.17, 15) is 0 Å².